The molecule has 2 heterocycles. The van der Waals surface area contributed by atoms with Gasteiger partial charge in [0.1, 0.15) is 11.5 Å². The minimum Gasteiger partial charge on any atom is -0.464 e. The molecule has 2 aromatic heterocycles. The van der Waals surface area contributed by atoms with E-state index in [4.69, 9.17) is 9.15 Å². The van der Waals surface area contributed by atoms with E-state index >= 15 is 0 Å². The monoisotopic (exact) mass is 319 g/mol. The molecule has 4 rings (SSSR count). The van der Waals surface area contributed by atoms with Crippen LogP contribution in [0, 0.1) is 0 Å². The van der Waals surface area contributed by atoms with Crippen molar-refractivity contribution in [2.75, 3.05) is 7.11 Å². The van der Waals surface area contributed by atoms with Gasteiger partial charge in [-0.3, -0.25) is 0 Å². The molecule has 0 bridgehead atoms. The lowest BCUT2D eigenvalue weighted by atomic mass is 10.0. The molecule has 24 heavy (non-hydrogen) atoms. The Labute approximate surface area is 139 Å². The van der Waals surface area contributed by atoms with Crippen LogP contribution in [0.25, 0.3) is 23.0 Å². The zero-order chi connectivity index (χ0) is 16.5. The van der Waals surface area contributed by atoms with Crippen molar-refractivity contribution in [2.45, 2.75) is 12.8 Å². The number of benzene rings is 1. The Morgan fingerprint density at radius 1 is 1.21 bits per heavy atom. The Morgan fingerprint density at radius 2 is 2.12 bits per heavy atom. The summed E-state index contributed by atoms with van der Waals surface area (Å²) in [6, 6.07) is 14.0. The summed E-state index contributed by atoms with van der Waals surface area (Å²) in [5.41, 5.74) is 6.12. The molecule has 0 saturated carbocycles. The molecule has 0 unspecified atom stereocenters. The van der Waals surface area contributed by atoms with Crippen LogP contribution in [0.5, 0.6) is 0 Å². The molecule has 0 radical (unpaired) electrons. The SMILES string of the molecule is COC(=O)c1cc2c([nH]1)CC/C2=C\c1cccc(-c2ccco2)c1. The number of aromatic nitrogens is 1. The lowest BCUT2D eigenvalue weighted by Gasteiger charge is -2.02. The molecule has 0 fully saturated rings. The van der Waals surface area contributed by atoms with Gasteiger partial charge in [0, 0.05) is 11.3 Å². The van der Waals surface area contributed by atoms with Crippen LogP contribution in [0.4, 0.5) is 0 Å². The Bertz CT molecular complexity index is 916. The van der Waals surface area contributed by atoms with E-state index in [0.717, 1.165) is 41.0 Å². The van der Waals surface area contributed by atoms with E-state index in [1.807, 2.05) is 30.3 Å². The summed E-state index contributed by atoms with van der Waals surface area (Å²) in [5, 5.41) is 0. The van der Waals surface area contributed by atoms with Gasteiger partial charge in [-0.2, -0.15) is 0 Å². The quantitative estimate of drug-likeness (QED) is 0.721. The van der Waals surface area contributed by atoms with Crippen LogP contribution in [-0.2, 0) is 11.2 Å². The maximum Gasteiger partial charge on any atom is 0.354 e. The maximum absolute atomic E-state index is 11.7. The molecule has 0 atom stereocenters. The van der Waals surface area contributed by atoms with Crippen LogP contribution in [0.2, 0.25) is 0 Å². The first kappa shape index (κ1) is 14.6. The molecule has 1 aromatic carbocycles. The molecule has 0 aliphatic heterocycles. The first-order valence-electron chi connectivity index (χ1n) is 7.89. The highest BCUT2D eigenvalue weighted by Gasteiger charge is 2.22. The van der Waals surface area contributed by atoms with Crippen molar-refractivity contribution in [1.82, 2.24) is 4.98 Å². The highest BCUT2D eigenvalue weighted by molar-refractivity contribution is 5.92. The van der Waals surface area contributed by atoms with Gasteiger partial charge in [0.15, 0.2) is 0 Å². The second-order valence-electron chi connectivity index (χ2n) is 5.84. The number of hydrogen-bond donors (Lipinski definition) is 1. The third-order valence-corrected chi connectivity index (χ3v) is 4.33. The summed E-state index contributed by atoms with van der Waals surface area (Å²) in [6.07, 6.45) is 5.73. The highest BCUT2D eigenvalue weighted by atomic mass is 16.5. The van der Waals surface area contributed by atoms with Gasteiger partial charge in [-0.25, -0.2) is 4.79 Å². The number of nitrogens with one attached hydrogen (secondary N) is 1. The number of furan rings is 1. The van der Waals surface area contributed by atoms with Crippen LogP contribution >= 0.6 is 0 Å². The van der Waals surface area contributed by atoms with Gasteiger partial charge in [0.2, 0.25) is 0 Å². The van der Waals surface area contributed by atoms with Crippen molar-refractivity contribution in [3.05, 3.63) is 71.2 Å². The number of H-pyrrole nitrogens is 1. The number of methoxy groups -OCH3 is 1. The molecule has 1 aliphatic carbocycles. The highest BCUT2D eigenvalue weighted by Crippen LogP contribution is 2.34. The van der Waals surface area contributed by atoms with Gasteiger partial charge in [-0.1, -0.05) is 24.3 Å². The van der Waals surface area contributed by atoms with Gasteiger partial charge in [0.25, 0.3) is 0 Å². The van der Waals surface area contributed by atoms with Gasteiger partial charge < -0.3 is 14.1 Å². The number of carbonyl (C=O) groups is 1. The second-order valence-corrected chi connectivity index (χ2v) is 5.84. The number of esters is 1. The fraction of sp³-hybridized carbons (Fsp3) is 0.150. The van der Waals surface area contributed by atoms with Crippen molar-refractivity contribution in [2.24, 2.45) is 0 Å². The molecule has 4 heteroatoms. The summed E-state index contributed by atoms with van der Waals surface area (Å²) in [7, 11) is 1.39. The van der Waals surface area contributed by atoms with Crippen LogP contribution in [0.3, 0.4) is 0 Å². The van der Waals surface area contributed by atoms with Gasteiger partial charge in [-0.05, 0) is 53.8 Å². The third-order valence-electron chi connectivity index (χ3n) is 4.33. The molecule has 1 N–H and O–H groups in total. The largest absolute Gasteiger partial charge is 0.464 e. The normalized spacial score (nSPS) is 14.8. The fourth-order valence-corrected chi connectivity index (χ4v) is 3.17. The van der Waals surface area contributed by atoms with Crippen LogP contribution in [0.1, 0.15) is 33.7 Å². The number of aromatic amines is 1. The van der Waals surface area contributed by atoms with Crippen LogP contribution < -0.4 is 0 Å². The van der Waals surface area contributed by atoms with Crippen LogP contribution in [0.15, 0.2) is 53.1 Å². The average Bonchev–Trinajstić information content (AvgIpc) is 3.33. The number of ether oxygens (including phenoxy) is 1. The number of allylic oxidation sites excluding steroid dienone is 1. The number of rotatable bonds is 3. The Balaban J connectivity index is 1.68. The Morgan fingerprint density at radius 3 is 2.92 bits per heavy atom. The van der Waals surface area contributed by atoms with Crippen molar-refractivity contribution < 1.29 is 13.9 Å². The topological polar surface area (TPSA) is 55.2 Å². The summed E-state index contributed by atoms with van der Waals surface area (Å²) in [4.78, 5) is 14.8. The number of carbonyl (C=O) groups excluding carboxylic acids is 1. The molecule has 1 aliphatic rings. The zero-order valence-electron chi connectivity index (χ0n) is 13.3. The smallest absolute Gasteiger partial charge is 0.354 e. The van der Waals surface area contributed by atoms with E-state index in [2.05, 4.69) is 23.2 Å². The number of aryl methyl sites for hydroxylation is 1. The molecule has 0 amide bonds. The summed E-state index contributed by atoms with van der Waals surface area (Å²) in [5.74, 6) is 0.528. The molecule has 0 saturated heterocycles. The minimum absolute atomic E-state index is 0.330. The maximum atomic E-state index is 11.7. The van der Waals surface area contributed by atoms with E-state index in [1.165, 1.54) is 12.7 Å². The summed E-state index contributed by atoms with van der Waals surface area (Å²) in [6.45, 7) is 0. The third kappa shape index (κ3) is 2.56. The molecule has 4 nitrogen and oxygen atoms in total. The van der Waals surface area contributed by atoms with Gasteiger partial charge >= 0.3 is 5.97 Å². The van der Waals surface area contributed by atoms with E-state index in [-0.39, 0.29) is 5.97 Å². The number of fused-ring (bicyclic) bond motifs is 1. The number of hydrogen-bond acceptors (Lipinski definition) is 3. The predicted octanol–water partition coefficient (Wildman–Crippen LogP) is 4.55. The van der Waals surface area contributed by atoms with E-state index in [0.29, 0.717) is 5.69 Å². The van der Waals surface area contributed by atoms with Crippen LogP contribution in [-0.4, -0.2) is 18.1 Å². The Kier molecular flexibility index (Phi) is 3.58. The first-order valence-corrected chi connectivity index (χ1v) is 7.89. The average molecular weight is 319 g/mol. The lowest BCUT2D eigenvalue weighted by molar-refractivity contribution is 0.0594. The molecule has 0 spiro atoms. The summed E-state index contributed by atoms with van der Waals surface area (Å²) < 4.78 is 10.2. The van der Waals surface area contributed by atoms with Crippen molar-refractivity contribution in [3.8, 4) is 11.3 Å². The van der Waals surface area contributed by atoms with Crippen molar-refractivity contribution in [3.63, 3.8) is 0 Å². The first-order chi connectivity index (χ1) is 11.7. The van der Waals surface area contributed by atoms with Crippen molar-refractivity contribution >= 4 is 17.6 Å². The second kappa shape index (κ2) is 5.89. The lowest BCUT2D eigenvalue weighted by Crippen LogP contribution is -2.01. The van der Waals surface area contributed by atoms with E-state index in [1.54, 1.807) is 6.26 Å². The predicted molar refractivity (Wildman–Crippen MR) is 92.5 cm³/mol. The van der Waals surface area contributed by atoms with E-state index in [9.17, 15) is 4.79 Å². The fourth-order valence-electron chi connectivity index (χ4n) is 3.17. The Hall–Kier alpha value is -3.01. The molecule has 3 aromatic rings. The molecule has 120 valence electrons. The molecular weight excluding hydrogens is 302 g/mol. The van der Waals surface area contributed by atoms with Crippen molar-refractivity contribution in [1.29, 1.82) is 0 Å². The van der Waals surface area contributed by atoms with Gasteiger partial charge in [-0.15, -0.1) is 0 Å². The minimum atomic E-state index is -0.330. The van der Waals surface area contributed by atoms with Gasteiger partial charge in [0.05, 0.1) is 13.4 Å². The molecular formula is C20H17NO3. The van der Waals surface area contributed by atoms with E-state index < -0.39 is 0 Å². The summed E-state index contributed by atoms with van der Waals surface area (Å²) >= 11 is 0. The zero-order valence-corrected chi connectivity index (χ0v) is 13.3. The standard InChI is InChI=1S/C20H17NO3/c1-23-20(22)18-12-16-14(7-8-17(16)21-18)10-13-4-2-5-15(11-13)19-6-3-9-24-19/h2-6,9-12,21H,7-8H2,1H3/b14-10+.